The Balaban J connectivity index is 1.82. The molecule has 1 aliphatic heterocycles. The fraction of sp³-hybridized carbons (Fsp3) is 0.533. The van der Waals surface area contributed by atoms with Gasteiger partial charge in [0.1, 0.15) is 0 Å². The highest BCUT2D eigenvalue weighted by Gasteiger charge is 2.16. The van der Waals surface area contributed by atoms with E-state index in [0.717, 1.165) is 38.0 Å². The van der Waals surface area contributed by atoms with E-state index >= 15 is 0 Å². The molecule has 2 nitrogen and oxygen atoms in total. The van der Waals surface area contributed by atoms with Crippen LogP contribution in [0.1, 0.15) is 35.7 Å². The SMILES string of the molecule is CCc1ccc(C(=O)CSC2CCOCC2)cc1. The molecule has 0 aromatic heterocycles. The molecule has 0 spiro atoms. The number of Topliss-reactive ketones (excluding diaryl/α,β-unsaturated/α-hetero) is 1. The van der Waals surface area contributed by atoms with Gasteiger partial charge in [0, 0.05) is 24.0 Å². The van der Waals surface area contributed by atoms with Crippen molar-refractivity contribution in [2.45, 2.75) is 31.4 Å². The fourth-order valence-electron chi connectivity index (χ4n) is 2.05. The summed E-state index contributed by atoms with van der Waals surface area (Å²) in [5, 5.41) is 0.595. The molecule has 98 valence electrons. The molecule has 0 saturated carbocycles. The lowest BCUT2D eigenvalue weighted by Gasteiger charge is -2.21. The van der Waals surface area contributed by atoms with Crippen LogP contribution in [0.4, 0.5) is 0 Å². The van der Waals surface area contributed by atoms with Crippen LogP contribution in [-0.4, -0.2) is 30.0 Å². The van der Waals surface area contributed by atoms with Crippen LogP contribution in [0.3, 0.4) is 0 Å². The highest BCUT2D eigenvalue weighted by atomic mass is 32.2. The lowest BCUT2D eigenvalue weighted by atomic mass is 10.1. The number of benzene rings is 1. The Labute approximate surface area is 113 Å². The molecule has 1 aromatic carbocycles. The van der Waals surface area contributed by atoms with Gasteiger partial charge in [0.25, 0.3) is 0 Å². The van der Waals surface area contributed by atoms with E-state index in [2.05, 4.69) is 6.92 Å². The summed E-state index contributed by atoms with van der Waals surface area (Å²) in [6, 6.07) is 8.00. The predicted molar refractivity (Wildman–Crippen MR) is 76.4 cm³/mol. The fourth-order valence-corrected chi connectivity index (χ4v) is 3.13. The summed E-state index contributed by atoms with van der Waals surface area (Å²) < 4.78 is 5.32. The van der Waals surface area contributed by atoms with E-state index in [1.54, 1.807) is 11.8 Å². The van der Waals surface area contributed by atoms with Gasteiger partial charge in [-0.15, -0.1) is 0 Å². The second-order valence-electron chi connectivity index (χ2n) is 4.60. The van der Waals surface area contributed by atoms with E-state index in [1.807, 2.05) is 24.3 Å². The molecule has 0 atom stereocenters. The van der Waals surface area contributed by atoms with Gasteiger partial charge in [0.15, 0.2) is 5.78 Å². The molecular formula is C15H20O2S. The van der Waals surface area contributed by atoms with Crippen molar-refractivity contribution in [3.05, 3.63) is 35.4 Å². The van der Waals surface area contributed by atoms with Gasteiger partial charge in [-0.25, -0.2) is 0 Å². The standard InChI is InChI=1S/C15H20O2S/c1-2-12-3-5-13(6-4-12)15(16)11-18-14-7-9-17-10-8-14/h3-6,14H,2,7-11H2,1H3. The summed E-state index contributed by atoms with van der Waals surface area (Å²) in [7, 11) is 0. The second kappa shape index (κ2) is 6.95. The van der Waals surface area contributed by atoms with Gasteiger partial charge in [-0.05, 0) is 24.8 Å². The van der Waals surface area contributed by atoms with Gasteiger partial charge in [-0.1, -0.05) is 31.2 Å². The van der Waals surface area contributed by atoms with Gasteiger partial charge in [-0.3, -0.25) is 4.79 Å². The first-order valence-electron chi connectivity index (χ1n) is 6.61. The molecule has 3 heteroatoms. The molecule has 1 saturated heterocycles. The van der Waals surface area contributed by atoms with Crippen LogP contribution in [0.25, 0.3) is 0 Å². The van der Waals surface area contributed by atoms with Crippen LogP contribution in [0.5, 0.6) is 0 Å². The normalized spacial score (nSPS) is 16.7. The molecule has 0 N–H and O–H groups in total. The molecule has 0 aliphatic carbocycles. The molecule has 2 rings (SSSR count). The zero-order chi connectivity index (χ0) is 12.8. The van der Waals surface area contributed by atoms with E-state index in [1.165, 1.54) is 5.56 Å². The minimum absolute atomic E-state index is 0.245. The summed E-state index contributed by atoms with van der Waals surface area (Å²) in [5.74, 6) is 0.838. The van der Waals surface area contributed by atoms with Crippen LogP contribution in [-0.2, 0) is 11.2 Å². The average Bonchev–Trinajstić information content (AvgIpc) is 2.46. The monoisotopic (exact) mass is 264 g/mol. The lowest BCUT2D eigenvalue weighted by Crippen LogP contribution is -2.19. The van der Waals surface area contributed by atoms with Crippen molar-refractivity contribution in [2.75, 3.05) is 19.0 Å². The molecule has 1 heterocycles. The minimum Gasteiger partial charge on any atom is -0.381 e. The molecular weight excluding hydrogens is 244 g/mol. The van der Waals surface area contributed by atoms with Crippen LogP contribution < -0.4 is 0 Å². The number of thioether (sulfide) groups is 1. The van der Waals surface area contributed by atoms with Gasteiger partial charge >= 0.3 is 0 Å². The van der Waals surface area contributed by atoms with E-state index < -0.39 is 0 Å². The Morgan fingerprint density at radius 2 is 1.94 bits per heavy atom. The maximum atomic E-state index is 12.0. The molecule has 1 aromatic rings. The molecule has 0 bridgehead atoms. The zero-order valence-corrected chi connectivity index (χ0v) is 11.7. The summed E-state index contributed by atoms with van der Waals surface area (Å²) in [4.78, 5) is 12.0. The molecule has 0 unspecified atom stereocenters. The van der Waals surface area contributed by atoms with Gasteiger partial charge < -0.3 is 4.74 Å². The number of rotatable bonds is 5. The highest BCUT2D eigenvalue weighted by molar-refractivity contribution is 8.00. The van der Waals surface area contributed by atoms with Crippen molar-refractivity contribution in [2.24, 2.45) is 0 Å². The van der Waals surface area contributed by atoms with Crippen LogP contribution in [0, 0.1) is 0 Å². The van der Waals surface area contributed by atoms with Crippen molar-refractivity contribution in [1.29, 1.82) is 0 Å². The Morgan fingerprint density at radius 3 is 2.56 bits per heavy atom. The smallest absolute Gasteiger partial charge is 0.172 e. The Bertz CT molecular complexity index is 380. The second-order valence-corrected chi connectivity index (χ2v) is 5.89. The van der Waals surface area contributed by atoms with Crippen LogP contribution in [0.15, 0.2) is 24.3 Å². The van der Waals surface area contributed by atoms with Crippen molar-refractivity contribution in [3.8, 4) is 0 Å². The molecule has 1 fully saturated rings. The number of carbonyl (C=O) groups excluding carboxylic acids is 1. The van der Waals surface area contributed by atoms with Crippen molar-refractivity contribution >= 4 is 17.5 Å². The maximum absolute atomic E-state index is 12.0. The lowest BCUT2D eigenvalue weighted by molar-refractivity contribution is 0.0988. The van der Waals surface area contributed by atoms with Crippen LogP contribution >= 0.6 is 11.8 Å². The number of aryl methyl sites for hydroxylation is 1. The number of hydrogen-bond donors (Lipinski definition) is 0. The van der Waals surface area contributed by atoms with E-state index in [4.69, 9.17) is 4.74 Å². The van der Waals surface area contributed by atoms with Crippen molar-refractivity contribution < 1.29 is 9.53 Å². The third kappa shape index (κ3) is 3.85. The molecule has 0 amide bonds. The van der Waals surface area contributed by atoms with E-state index in [-0.39, 0.29) is 5.78 Å². The predicted octanol–water partition coefficient (Wildman–Crippen LogP) is 3.34. The van der Waals surface area contributed by atoms with E-state index in [9.17, 15) is 4.79 Å². The summed E-state index contributed by atoms with van der Waals surface area (Å²) in [6.07, 6.45) is 3.17. The van der Waals surface area contributed by atoms with Gasteiger partial charge in [0.2, 0.25) is 0 Å². The largest absolute Gasteiger partial charge is 0.381 e. The number of ether oxygens (including phenoxy) is 1. The Hall–Kier alpha value is -0.800. The van der Waals surface area contributed by atoms with Crippen molar-refractivity contribution in [3.63, 3.8) is 0 Å². The van der Waals surface area contributed by atoms with Crippen LogP contribution in [0.2, 0.25) is 0 Å². The third-order valence-corrected chi connectivity index (χ3v) is 4.67. The quantitative estimate of drug-likeness (QED) is 0.763. The zero-order valence-electron chi connectivity index (χ0n) is 10.9. The third-order valence-electron chi connectivity index (χ3n) is 3.30. The number of carbonyl (C=O) groups is 1. The van der Waals surface area contributed by atoms with Gasteiger partial charge in [-0.2, -0.15) is 11.8 Å². The first-order valence-corrected chi connectivity index (χ1v) is 7.66. The number of ketones is 1. The molecule has 0 radical (unpaired) electrons. The van der Waals surface area contributed by atoms with E-state index in [0.29, 0.717) is 11.0 Å². The van der Waals surface area contributed by atoms with Gasteiger partial charge in [0.05, 0.1) is 5.75 Å². The first kappa shape index (κ1) is 13.6. The Kier molecular flexibility index (Phi) is 5.26. The molecule has 1 aliphatic rings. The molecule has 18 heavy (non-hydrogen) atoms. The minimum atomic E-state index is 0.245. The van der Waals surface area contributed by atoms with Crippen molar-refractivity contribution in [1.82, 2.24) is 0 Å². The average molecular weight is 264 g/mol. The Morgan fingerprint density at radius 1 is 1.28 bits per heavy atom. The summed E-state index contributed by atoms with van der Waals surface area (Å²) in [6.45, 7) is 3.81. The summed E-state index contributed by atoms with van der Waals surface area (Å²) >= 11 is 1.78. The topological polar surface area (TPSA) is 26.3 Å². The maximum Gasteiger partial charge on any atom is 0.172 e. The highest BCUT2D eigenvalue weighted by Crippen LogP contribution is 2.22. The first-order chi connectivity index (χ1) is 8.79. The number of hydrogen-bond acceptors (Lipinski definition) is 3. The summed E-state index contributed by atoms with van der Waals surface area (Å²) in [5.41, 5.74) is 2.12.